The van der Waals surface area contributed by atoms with Gasteiger partial charge in [0.1, 0.15) is 0 Å². The molecule has 0 atom stereocenters. The minimum Gasteiger partial charge on any atom is -0.370 e. The van der Waals surface area contributed by atoms with Crippen LogP contribution in [0.1, 0.15) is 15.9 Å². The van der Waals surface area contributed by atoms with Crippen molar-refractivity contribution in [2.45, 2.75) is 6.54 Å². The van der Waals surface area contributed by atoms with Crippen LogP contribution in [-0.4, -0.2) is 13.3 Å². The molecule has 0 aliphatic heterocycles. The third kappa shape index (κ3) is 3.13. The van der Waals surface area contributed by atoms with Gasteiger partial charge in [-0.15, -0.1) is 11.3 Å². The fraction of sp³-hybridized carbons (Fsp3) is 0.154. The summed E-state index contributed by atoms with van der Waals surface area (Å²) in [6.45, 7) is 0.804. The number of carbonyl (C=O) groups excluding carboxylic acids is 1. The zero-order valence-corrected chi connectivity index (χ0v) is 12.8. The number of nitrogens with zero attached hydrogens (tertiary/aromatic N) is 1. The van der Waals surface area contributed by atoms with Crippen LogP contribution in [0, 0.1) is 0 Å². The van der Waals surface area contributed by atoms with E-state index in [1.165, 1.54) is 5.56 Å². The molecule has 0 radical (unpaired) electrons. The molecule has 0 unspecified atom stereocenters. The number of aldehydes is 1. The van der Waals surface area contributed by atoms with E-state index in [1.54, 1.807) is 17.4 Å². The van der Waals surface area contributed by atoms with E-state index in [-0.39, 0.29) is 0 Å². The van der Waals surface area contributed by atoms with Crippen molar-refractivity contribution in [3.05, 3.63) is 49.6 Å². The molecule has 0 N–H and O–H groups in total. The van der Waals surface area contributed by atoms with Gasteiger partial charge in [-0.05, 0) is 51.1 Å². The number of thiophene rings is 1. The Bertz CT molecular complexity index is 570. The van der Waals surface area contributed by atoms with Gasteiger partial charge in [-0.1, -0.05) is 11.6 Å². The zero-order chi connectivity index (χ0) is 13.1. The topological polar surface area (TPSA) is 20.3 Å². The molecule has 94 valence electrons. The van der Waals surface area contributed by atoms with Crippen LogP contribution in [0.2, 0.25) is 5.02 Å². The van der Waals surface area contributed by atoms with Gasteiger partial charge in [-0.2, -0.15) is 0 Å². The Morgan fingerprint density at radius 1 is 1.44 bits per heavy atom. The first-order chi connectivity index (χ1) is 8.60. The van der Waals surface area contributed by atoms with E-state index in [0.717, 1.165) is 22.3 Å². The number of hydrogen-bond acceptors (Lipinski definition) is 3. The highest BCUT2D eigenvalue weighted by atomic mass is 79.9. The van der Waals surface area contributed by atoms with Crippen LogP contribution in [0.25, 0.3) is 0 Å². The first-order valence-electron chi connectivity index (χ1n) is 5.29. The van der Waals surface area contributed by atoms with Gasteiger partial charge < -0.3 is 4.90 Å². The van der Waals surface area contributed by atoms with Crippen molar-refractivity contribution in [3.63, 3.8) is 0 Å². The van der Waals surface area contributed by atoms with E-state index in [4.69, 9.17) is 11.6 Å². The predicted molar refractivity (Wildman–Crippen MR) is 81.0 cm³/mol. The lowest BCUT2D eigenvalue weighted by molar-refractivity contribution is 0.112. The Hall–Kier alpha value is -0.840. The van der Waals surface area contributed by atoms with Gasteiger partial charge in [-0.3, -0.25) is 4.79 Å². The number of rotatable bonds is 4. The normalized spacial score (nSPS) is 10.4. The maximum Gasteiger partial charge on any atom is 0.151 e. The Kier molecular flexibility index (Phi) is 4.43. The minimum atomic E-state index is 0.487. The quantitative estimate of drug-likeness (QED) is 0.755. The van der Waals surface area contributed by atoms with E-state index < -0.39 is 0 Å². The molecule has 2 aromatic rings. The summed E-state index contributed by atoms with van der Waals surface area (Å²) in [6, 6.07) is 7.55. The Balaban J connectivity index is 2.16. The largest absolute Gasteiger partial charge is 0.370 e. The van der Waals surface area contributed by atoms with Crippen molar-refractivity contribution in [3.8, 4) is 0 Å². The Labute approximate surface area is 123 Å². The highest BCUT2D eigenvalue weighted by molar-refractivity contribution is 9.11. The number of carbonyl (C=O) groups is 1. The molecule has 5 heteroatoms. The predicted octanol–water partition coefficient (Wildman–Crippen LogP) is 4.61. The van der Waals surface area contributed by atoms with Crippen molar-refractivity contribution in [2.24, 2.45) is 0 Å². The molecule has 2 nitrogen and oxygen atoms in total. The summed E-state index contributed by atoms with van der Waals surface area (Å²) in [7, 11) is 2.00. The molecule has 0 saturated heterocycles. The van der Waals surface area contributed by atoms with Gasteiger partial charge in [0.2, 0.25) is 0 Å². The molecule has 0 fully saturated rings. The molecule has 0 amide bonds. The molecule has 0 aliphatic rings. The van der Waals surface area contributed by atoms with Crippen LogP contribution >= 0.6 is 38.9 Å². The van der Waals surface area contributed by atoms with Crippen LogP contribution in [0.3, 0.4) is 0 Å². The lowest BCUT2D eigenvalue weighted by atomic mass is 10.2. The fourth-order valence-electron chi connectivity index (χ4n) is 1.64. The van der Waals surface area contributed by atoms with E-state index in [2.05, 4.69) is 32.3 Å². The maximum atomic E-state index is 10.7. The smallest absolute Gasteiger partial charge is 0.151 e. The lowest BCUT2D eigenvalue weighted by Gasteiger charge is -2.19. The first kappa shape index (κ1) is 13.6. The molecular formula is C13H11BrClNOS. The number of anilines is 1. The van der Waals surface area contributed by atoms with Gasteiger partial charge in [-0.25, -0.2) is 0 Å². The number of hydrogen-bond donors (Lipinski definition) is 0. The molecule has 0 spiro atoms. The van der Waals surface area contributed by atoms with E-state index in [1.807, 2.05) is 19.2 Å². The molecule has 0 bridgehead atoms. The molecule has 2 rings (SSSR count). The second kappa shape index (κ2) is 5.87. The third-order valence-electron chi connectivity index (χ3n) is 2.59. The van der Waals surface area contributed by atoms with Gasteiger partial charge in [0.05, 0.1) is 8.81 Å². The molecule has 0 saturated carbocycles. The maximum absolute atomic E-state index is 10.7. The van der Waals surface area contributed by atoms with Crippen molar-refractivity contribution < 1.29 is 4.79 Å². The van der Waals surface area contributed by atoms with Crippen molar-refractivity contribution in [2.75, 3.05) is 11.9 Å². The molecule has 1 aromatic heterocycles. The molecule has 1 aromatic carbocycles. The summed E-state index contributed by atoms with van der Waals surface area (Å²) in [5, 5.41) is 2.60. The summed E-state index contributed by atoms with van der Waals surface area (Å²) in [4.78, 5) is 12.8. The Morgan fingerprint density at radius 2 is 2.22 bits per heavy atom. The Morgan fingerprint density at radius 3 is 2.78 bits per heavy atom. The SMILES string of the molecule is CN(Cc1csc(Br)c1)c1ccc(C=O)c(Cl)c1. The molecule has 18 heavy (non-hydrogen) atoms. The van der Waals surface area contributed by atoms with Crippen molar-refractivity contribution in [1.29, 1.82) is 0 Å². The monoisotopic (exact) mass is 343 g/mol. The van der Waals surface area contributed by atoms with Crippen LogP contribution < -0.4 is 4.90 Å². The molecule has 1 heterocycles. The summed E-state index contributed by atoms with van der Waals surface area (Å²) in [5.74, 6) is 0. The van der Waals surface area contributed by atoms with Gasteiger partial charge in [0, 0.05) is 24.8 Å². The number of benzene rings is 1. The van der Waals surface area contributed by atoms with Gasteiger partial charge >= 0.3 is 0 Å². The van der Waals surface area contributed by atoms with E-state index in [0.29, 0.717) is 10.6 Å². The summed E-state index contributed by atoms with van der Waals surface area (Å²) >= 11 is 11.1. The van der Waals surface area contributed by atoms with Crippen LogP contribution in [0.15, 0.2) is 33.4 Å². The minimum absolute atomic E-state index is 0.487. The first-order valence-corrected chi connectivity index (χ1v) is 7.34. The zero-order valence-electron chi connectivity index (χ0n) is 9.69. The molecule has 0 aliphatic carbocycles. The van der Waals surface area contributed by atoms with Crippen molar-refractivity contribution in [1.82, 2.24) is 0 Å². The highest BCUT2D eigenvalue weighted by Gasteiger charge is 2.06. The molecular weight excluding hydrogens is 334 g/mol. The van der Waals surface area contributed by atoms with Gasteiger partial charge in [0.25, 0.3) is 0 Å². The van der Waals surface area contributed by atoms with Crippen molar-refractivity contribution >= 4 is 50.8 Å². The fourth-order valence-corrected chi connectivity index (χ4v) is 3.06. The highest BCUT2D eigenvalue weighted by Crippen LogP contribution is 2.25. The van der Waals surface area contributed by atoms with E-state index >= 15 is 0 Å². The summed E-state index contributed by atoms with van der Waals surface area (Å²) in [5.41, 5.74) is 2.75. The second-order valence-electron chi connectivity index (χ2n) is 3.94. The lowest BCUT2D eigenvalue weighted by Crippen LogP contribution is -2.15. The summed E-state index contributed by atoms with van der Waals surface area (Å²) in [6.07, 6.45) is 0.766. The van der Waals surface area contributed by atoms with Crippen LogP contribution in [-0.2, 0) is 6.54 Å². The average Bonchev–Trinajstić information content (AvgIpc) is 2.74. The van der Waals surface area contributed by atoms with Crippen LogP contribution in [0.5, 0.6) is 0 Å². The standard InChI is InChI=1S/C13H11BrClNOS/c1-16(6-9-4-13(14)18-8-9)11-3-2-10(7-17)12(15)5-11/h2-5,7-8H,6H2,1H3. The van der Waals surface area contributed by atoms with Crippen LogP contribution in [0.4, 0.5) is 5.69 Å². The second-order valence-corrected chi connectivity index (χ2v) is 6.64. The number of halogens is 2. The third-order valence-corrected chi connectivity index (χ3v) is 4.47. The van der Waals surface area contributed by atoms with Gasteiger partial charge in [0.15, 0.2) is 6.29 Å². The van der Waals surface area contributed by atoms with E-state index in [9.17, 15) is 4.79 Å². The summed E-state index contributed by atoms with van der Waals surface area (Å²) < 4.78 is 1.13. The average molecular weight is 345 g/mol.